The highest BCUT2D eigenvalue weighted by Gasteiger charge is 2.09. The fourth-order valence-electron chi connectivity index (χ4n) is 0.681. The first-order chi connectivity index (χ1) is 5.79. The normalized spacial score (nSPS) is 11.0. The van der Waals surface area contributed by atoms with Crippen molar-refractivity contribution in [2.45, 2.75) is 38.4 Å². The van der Waals surface area contributed by atoms with Gasteiger partial charge in [0.25, 0.3) is 0 Å². The summed E-state index contributed by atoms with van der Waals surface area (Å²) in [7, 11) is -3.13. The van der Waals surface area contributed by atoms with Gasteiger partial charge in [0.05, 0.1) is 0 Å². The number of unbranched alkanes of at least 4 members (excludes halogenated alkanes) is 2. The monoisotopic (exact) mass is 213 g/mol. The summed E-state index contributed by atoms with van der Waals surface area (Å²) < 4.78 is 8.74. The molecule has 0 aliphatic carbocycles. The Balaban J connectivity index is 0. The van der Waals surface area contributed by atoms with Crippen molar-refractivity contribution >= 4 is 8.25 Å². The summed E-state index contributed by atoms with van der Waals surface area (Å²) in [6.07, 6.45) is 4.07. The Morgan fingerprint density at radius 3 is 1.85 bits per heavy atom. The number of rotatable bonds is 4. The topological polar surface area (TPSA) is 136 Å². The van der Waals surface area contributed by atoms with E-state index in [9.17, 15) is 0 Å². The second-order valence-electron chi connectivity index (χ2n) is 2.85. The van der Waals surface area contributed by atoms with Gasteiger partial charge in [-0.1, -0.05) is 19.8 Å². The standard InChI is InChI=1S/C6H17N3.H3O3P/c1-2-3-4-5-6(7,8)9;1-4(2)3/h2-5,7-9H2,1H3;4H,(H2,1,2,3). The summed E-state index contributed by atoms with van der Waals surface area (Å²) in [6, 6.07) is 0. The first kappa shape index (κ1) is 15.5. The molecule has 13 heavy (non-hydrogen) atoms. The quantitative estimate of drug-likeness (QED) is 0.241. The van der Waals surface area contributed by atoms with E-state index >= 15 is 0 Å². The fourth-order valence-corrected chi connectivity index (χ4v) is 0.681. The molecule has 0 spiro atoms. The van der Waals surface area contributed by atoms with Crippen molar-refractivity contribution in [3.05, 3.63) is 0 Å². The Bertz CT molecular complexity index is 134. The molecule has 0 rings (SSSR count). The Morgan fingerprint density at radius 2 is 1.62 bits per heavy atom. The highest BCUT2D eigenvalue weighted by Crippen LogP contribution is 2.01. The van der Waals surface area contributed by atoms with Gasteiger partial charge in [0.2, 0.25) is 0 Å². The van der Waals surface area contributed by atoms with Crippen LogP contribution in [0, 0.1) is 0 Å². The van der Waals surface area contributed by atoms with E-state index in [2.05, 4.69) is 6.92 Å². The predicted molar refractivity (Wildman–Crippen MR) is 52.9 cm³/mol. The number of hydrogen-bond acceptors (Lipinski definition) is 4. The van der Waals surface area contributed by atoms with Gasteiger partial charge in [-0.3, -0.25) is 4.57 Å². The lowest BCUT2D eigenvalue weighted by Gasteiger charge is -2.17. The van der Waals surface area contributed by atoms with Crippen LogP contribution in [-0.2, 0) is 4.57 Å². The average molecular weight is 213 g/mol. The smallest absolute Gasteiger partial charge is 0.314 e. The minimum atomic E-state index is -3.13. The summed E-state index contributed by atoms with van der Waals surface area (Å²) in [6.45, 7) is 2.13. The second kappa shape index (κ2) is 8.62. The molecule has 82 valence electrons. The van der Waals surface area contributed by atoms with Gasteiger partial charge in [-0.05, 0) is 12.8 Å². The lowest BCUT2D eigenvalue weighted by molar-refractivity contribution is 0.404. The Labute approximate surface area is 79.1 Å². The van der Waals surface area contributed by atoms with Crippen molar-refractivity contribution in [1.82, 2.24) is 0 Å². The molecule has 0 heterocycles. The van der Waals surface area contributed by atoms with Gasteiger partial charge in [-0.15, -0.1) is 0 Å². The van der Waals surface area contributed by atoms with Gasteiger partial charge in [-0.2, -0.15) is 0 Å². The van der Waals surface area contributed by atoms with Gasteiger partial charge in [-0.25, -0.2) is 0 Å². The molecular formula is C6H20N3O3P. The minimum absolute atomic E-state index is 0.709. The minimum Gasteiger partial charge on any atom is -0.326 e. The van der Waals surface area contributed by atoms with Crippen molar-refractivity contribution in [1.29, 1.82) is 0 Å². The fraction of sp³-hybridized carbons (Fsp3) is 1.00. The molecule has 0 amide bonds. The molecule has 0 aromatic heterocycles. The van der Waals surface area contributed by atoms with Gasteiger partial charge in [0.1, 0.15) is 5.79 Å². The van der Waals surface area contributed by atoms with E-state index < -0.39 is 14.0 Å². The van der Waals surface area contributed by atoms with E-state index in [0.29, 0.717) is 6.42 Å². The molecule has 0 bridgehead atoms. The van der Waals surface area contributed by atoms with Crippen LogP contribution < -0.4 is 17.2 Å². The van der Waals surface area contributed by atoms with E-state index in [-0.39, 0.29) is 0 Å². The van der Waals surface area contributed by atoms with E-state index in [1.807, 2.05) is 0 Å². The number of nitrogens with two attached hydrogens (primary N) is 3. The largest absolute Gasteiger partial charge is 0.326 e. The van der Waals surface area contributed by atoms with Gasteiger partial charge in [0.15, 0.2) is 0 Å². The second-order valence-corrected chi connectivity index (χ2v) is 3.42. The zero-order chi connectivity index (χ0) is 10.9. The van der Waals surface area contributed by atoms with E-state index in [1.165, 1.54) is 6.42 Å². The Hall–Kier alpha value is 0.0300. The molecule has 6 nitrogen and oxygen atoms in total. The number of hydrogen-bond donors (Lipinski definition) is 5. The Kier molecular flexibility index (Phi) is 10.3. The third kappa shape index (κ3) is 33.3. The van der Waals surface area contributed by atoms with Crippen molar-refractivity contribution in [2.75, 3.05) is 0 Å². The van der Waals surface area contributed by atoms with Crippen molar-refractivity contribution in [3.63, 3.8) is 0 Å². The third-order valence-corrected chi connectivity index (χ3v) is 1.21. The van der Waals surface area contributed by atoms with Crippen molar-refractivity contribution in [2.24, 2.45) is 17.2 Å². The molecule has 0 radical (unpaired) electrons. The summed E-state index contributed by atoms with van der Waals surface area (Å²) in [5.74, 6) is -0.949. The van der Waals surface area contributed by atoms with Crippen LogP contribution in [0.2, 0.25) is 0 Å². The average Bonchev–Trinajstić information content (AvgIpc) is 1.83. The molecule has 0 unspecified atom stereocenters. The molecule has 0 saturated carbocycles. The van der Waals surface area contributed by atoms with Gasteiger partial charge in [0, 0.05) is 0 Å². The lowest BCUT2D eigenvalue weighted by atomic mass is 10.1. The van der Waals surface area contributed by atoms with Crippen LogP contribution in [-0.4, -0.2) is 15.6 Å². The molecule has 0 atom stereocenters. The highest BCUT2D eigenvalue weighted by molar-refractivity contribution is 7.30. The van der Waals surface area contributed by atoms with Crippen LogP contribution in [0.4, 0.5) is 0 Å². The molecule has 0 saturated heterocycles. The molecule has 0 aromatic carbocycles. The van der Waals surface area contributed by atoms with Gasteiger partial charge < -0.3 is 27.0 Å². The SMILES string of the molecule is CCCCCC(N)(N)N.O=[PH](O)O. The molecule has 0 aromatic rings. The maximum atomic E-state index is 8.74. The molecule has 0 aliphatic heterocycles. The first-order valence-electron chi connectivity index (χ1n) is 4.08. The van der Waals surface area contributed by atoms with E-state index in [4.69, 9.17) is 31.6 Å². The molecule has 0 fully saturated rings. The first-order valence-corrected chi connectivity index (χ1v) is 5.38. The summed E-state index contributed by atoms with van der Waals surface area (Å²) >= 11 is 0. The van der Waals surface area contributed by atoms with Crippen LogP contribution >= 0.6 is 8.25 Å². The maximum absolute atomic E-state index is 8.74. The van der Waals surface area contributed by atoms with Gasteiger partial charge >= 0.3 is 8.25 Å². The third-order valence-electron chi connectivity index (χ3n) is 1.21. The Morgan fingerprint density at radius 1 is 1.23 bits per heavy atom. The summed E-state index contributed by atoms with van der Waals surface area (Å²) in [5.41, 5.74) is 16.0. The van der Waals surface area contributed by atoms with Crippen LogP contribution in [0.3, 0.4) is 0 Å². The lowest BCUT2D eigenvalue weighted by Crippen LogP contribution is -2.57. The van der Waals surface area contributed by atoms with Crippen molar-refractivity contribution < 1.29 is 14.4 Å². The molecule has 8 N–H and O–H groups in total. The molecule has 7 heteroatoms. The zero-order valence-corrected chi connectivity index (χ0v) is 8.86. The van der Waals surface area contributed by atoms with Crippen LogP contribution in [0.1, 0.15) is 32.6 Å². The highest BCUT2D eigenvalue weighted by atomic mass is 31.1. The van der Waals surface area contributed by atoms with Crippen LogP contribution in [0.25, 0.3) is 0 Å². The predicted octanol–water partition coefficient (Wildman–Crippen LogP) is -0.543. The van der Waals surface area contributed by atoms with Crippen molar-refractivity contribution in [3.8, 4) is 0 Å². The van der Waals surface area contributed by atoms with Crippen LogP contribution in [0.5, 0.6) is 0 Å². The maximum Gasteiger partial charge on any atom is 0.314 e. The van der Waals surface area contributed by atoms with E-state index in [0.717, 1.165) is 12.8 Å². The summed E-state index contributed by atoms with van der Waals surface area (Å²) in [4.78, 5) is 14.3. The van der Waals surface area contributed by atoms with Crippen LogP contribution in [0.15, 0.2) is 0 Å². The molecular weight excluding hydrogens is 193 g/mol. The molecule has 0 aliphatic rings. The zero-order valence-electron chi connectivity index (χ0n) is 7.86. The van der Waals surface area contributed by atoms with E-state index in [1.54, 1.807) is 0 Å². The summed E-state index contributed by atoms with van der Waals surface area (Å²) in [5, 5.41) is 0.